The molecule has 1 amide bonds. The van der Waals surface area contributed by atoms with Crippen LogP contribution in [0.15, 0.2) is 28.2 Å². The smallest absolute Gasteiger partial charge is 0.220 e. The number of nitrogens with one attached hydrogen (secondary N) is 1. The molecule has 0 saturated carbocycles. The van der Waals surface area contributed by atoms with Gasteiger partial charge in [-0.2, -0.15) is 0 Å². The summed E-state index contributed by atoms with van der Waals surface area (Å²) in [7, 11) is 0. The van der Waals surface area contributed by atoms with Gasteiger partial charge in [0.15, 0.2) is 10.8 Å². The van der Waals surface area contributed by atoms with E-state index in [9.17, 15) is 4.79 Å². The summed E-state index contributed by atoms with van der Waals surface area (Å²) in [5.74, 6) is 0.754. The van der Waals surface area contributed by atoms with Crippen LogP contribution in [-0.2, 0) is 11.3 Å². The third-order valence-corrected chi connectivity index (χ3v) is 3.48. The van der Waals surface area contributed by atoms with Crippen molar-refractivity contribution in [1.29, 1.82) is 0 Å². The van der Waals surface area contributed by atoms with Crippen molar-refractivity contribution in [3.63, 3.8) is 0 Å². The highest BCUT2D eigenvalue weighted by Crippen LogP contribution is 2.23. The molecule has 19 heavy (non-hydrogen) atoms. The molecule has 2 heterocycles. The molecule has 0 aliphatic carbocycles. The van der Waals surface area contributed by atoms with Gasteiger partial charge in [0.25, 0.3) is 0 Å². The Hall–Kier alpha value is -1.66. The molecule has 5 nitrogen and oxygen atoms in total. The highest BCUT2D eigenvalue weighted by atomic mass is 32.1. The maximum absolute atomic E-state index is 11.5. The summed E-state index contributed by atoms with van der Waals surface area (Å²) in [6, 6.07) is 3.74. The summed E-state index contributed by atoms with van der Waals surface area (Å²) in [5.41, 5.74) is 6.44. The summed E-state index contributed by atoms with van der Waals surface area (Å²) < 4.78 is 5.27. The van der Waals surface area contributed by atoms with E-state index in [0.717, 1.165) is 16.5 Å². The van der Waals surface area contributed by atoms with E-state index in [1.54, 1.807) is 6.26 Å². The molecule has 102 valence electrons. The second-order valence-corrected chi connectivity index (χ2v) is 5.27. The molecule has 1 unspecified atom stereocenters. The van der Waals surface area contributed by atoms with Gasteiger partial charge in [0.05, 0.1) is 18.5 Å². The zero-order chi connectivity index (χ0) is 13.7. The molecular weight excluding hydrogens is 262 g/mol. The lowest BCUT2D eigenvalue weighted by Gasteiger charge is -2.05. The van der Waals surface area contributed by atoms with E-state index >= 15 is 0 Å². The predicted molar refractivity (Wildman–Crippen MR) is 74.5 cm³/mol. The molecule has 0 radical (unpaired) electrons. The third-order valence-electron chi connectivity index (χ3n) is 2.58. The maximum Gasteiger partial charge on any atom is 0.220 e. The van der Waals surface area contributed by atoms with Crippen LogP contribution in [0.4, 0.5) is 0 Å². The first-order valence-corrected chi connectivity index (χ1v) is 7.03. The molecule has 0 fully saturated rings. The summed E-state index contributed by atoms with van der Waals surface area (Å²) in [6.07, 6.45) is 2.76. The lowest BCUT2D eigenvalue weighted by molar-refractivity contribution is -0.121. The fourth-order valence-corrected chi connectivity index (χ4v) is 2.32. The first-order valence-electron chi connectivity index (χ1n) is 6.15. The van der Waals surface area contributed by atoms with Gasteiger partial charge in [-0.1, -0.05) is 0 Å². The van der Waals surface area contributed by atoms with Crippen molar-refractivity contribution in [2.24, 2.45) is 5.73 Å². The van der Waals surface area contributed by atoms with Crippen LogP contribution < -0.4 is 11.1 Å². The van der Waals surface area contributed by atoms with Crippen LogP contribution in [-0.4, -0.2) is 16.9 Å². The summed E-state index contributed by atoms with van der Waals surface area (Å²) in [5, 5.41) is 5.58. The van der Waals surface area contributed by atoms with Gasteiger partial charge in [-0.3, -0.25) is 4.79 Å². The van der Waals surface area contributed by atoms with Gasteiger partial charge >= 0.3 is 0 Å². The Morgan fingerprint density at radius 2 is 2.47 bits per heavy atom. The van der Waals surface area contributed by atoms with Gasteiger partial charge < -0.3 is 15.5 Å². The zero-order valence-corrected chi connectivity index (χ0v) is 11.6. The van der Waals surface area contributed by atoms with E-state index in [1.807, 2.05) is 24.4 Å². The van der Waals surface area contributed by atoms with Crippen molar-refractivity contribution in [1.82, 2.24) is 10.3 Å². The second kappa shape index (κ2) is 6.49. The largest absolute Gasteiger partial charge is 0.462 e. The van der Waals surface area contributed by atoms with E-state index in [2.05, 4.69) is 10.3 Å². The van der Waals surface area contributed by atoms with Crippen molar-refractivity contribution in [2.75, 3.05) is 0 Å². The SMILES string of the molecule is CC(N)CCC(=O)NCc1csc(-c2ccco2)n1. The van der Waals surface area contributed by atoms with Crippen molar-refractivity contribution in [3.05, 3.63) is 29.5 Å². The minimum Gasteiger partial charge on any atom is -0.462 e. The van der Waals surface area contributed by atoms with Crippen LogP contribution in [0, 0.1) is 0 Å². The highest BCUT2D eigenvalue weighted by molar-refractivity contribution is 7.13. The van der Waals surface area contributed by atoms with E-state index in [0.29, 0.717) is 19.4 Å². The van der Waals surface area contributed by atoms with E-state index < -0.39 is 0 Å². The van der Waals surface area contributed by atoms with E-state index in [4.69, 9.17) is 10.2 Å². The first-order chi connectivity index (χ1) is 9.15. The Balaban J connectivity index is 1.82. The molecule has 6 heteroatoms. The number of rotatable bonds is 6. The molecule has 0 aromatic carbocycles. The number of aromatic nitrogens is 1. The normalized spacial score (nSPS) is 12.3. The van der Waals surface area contributed by atoms with E-state index in [1.165, 1.54) is 11.3 Å². The number of furan rings is 1. The molecule has 2 aromatic heterocycles. The van der Waals surface area contributed by atoms with Gasteiger partial charge in [0.1, 0.15) is 0 Å². The van der Waals surface area contributed by atoms with E-state index in [-0.39, 0.29) is 11.9 Å². The quantitative estimate of drug-likeness (QED) is 0.849. The molecule has 2 rings (SSSR count). The van der Waals surface area contributed by atoms with Gasteiger partial charge in [-0.15, -0.1) is 11.3 Å². The number of thiazole rings is 1. The molecule has 0 bridgehead atoms. The number of carbonyl (C=O) groups excluding carboxylic acids is 1. The number of hydrogen-bond acceptors (Lipinski definition) is 5. The number of nitrogens with zero attached hydrogens (tertiary/aromatic N) is 1. The number of hydrogen-bond donors (Lipinski definition) is 2. The second-order valence-electron chi connectivity index (χ2n) is 4.41. The summed E-state index contributed by atoms with van der Waals surface area (Å²) >= 11 is 1.50. The molecule has 2 aromatic rings. The number of carbonyl (C=O) groups is 1. The number of amides is 1. The molecule has 3 N–H and O–H groups in total. The molecule has 0 aliphatic heterocycles. The topological polar surface area (TPSA) is 81.2 Å². The average Bonchev–Trinajstić information content (AvgIpc) is 3.03. The van der Waals surface area contributed by atoms with Crippen LogP contribution in [0.5, 0.6) is 0 Å². The minimum atomic E-state index is 0.00449. The Bertz CT molecular complexity index is 520. The standard InChI is InChI=1S/C13H17N3O2S/c1-9(14)4-5-12(17)15-7-10-8-19-13(16-10)11-3-2-6-18-11/h2-3,6,8-9H,4-5,7,14H2,1H3,(H,15,17). The van der Waals surface area contributed by atoms with Crippen LogP contribution in [0.25, 0.3) is 10.8 Å². The minimum absolute atomic E-state index is 0.00449. The van der Waals surface area contributed by atoms with Crippen LogP contribution in [0.2, 0.25) is 0 Å². The molecule has 1 atom stereocenters. The Morgan fingerprint density at radius 1 is 1.63 bits per heavy atom. The molecular formula is C13H17N3O2S. The maximum atomic E-state index is 11.5. The third kappa shape index (κ3) is 4.18. The first kappa shape index (κ1) is 13.8. The lowest BCUT2D eigenvalue weighted by atomic mass is 10.2. The fraction of sp³-hybridized carbons (Fsp3) is 0.385. The predicted octanol–water partition coefficient (Wildman–Crippen LogP) is 2.15. The van der Waals surface area contributed by atoms with Gasteiger partial charge in [-0.05, 0) is 25.5 Å². The van der Waals surface area contributed by atoms with Crippen LogP contribution in [0.3, 0.4) is 0 Å². The van der Waals surface area contributed by atoms with Gasteiger partial charge in [0, 0.05) is 17.8 Å². The summed E-state index contributed by atoms with van der Waals surface area (Å²) in [4.78, 5) is 16.0. The van der Waals surface area contributed by atoms with Crippen molar-refractivity contribution in [3.8, 4) is 10.8 Å². The van der Waals surface area contributed by atoms with Crippen LogP contribution in [0.1, 0.15) is 25.5 Å². The molecule has 0 spiro atoms. The number of nitrogens with two attached hydrogens (primary N) is 1. The van der Waals surface area contributed by atoms with Crippen molar-refractivity contribution < 1.29 is 9.21 Å². The fourth-order valence-electron chi connectivity index (χ4n) is 1.54. The average molecular weight is 279 g/mol. The summed E-state index contributed by atoms with van der Waals surface area (Å²) in [6.45, 7) is 2.33. The monoisotopic (exact) mass is 279 g/mol. The Morgan fingerprint density at radius 3 is 3.16 bits per heavy atom. The highest BCUT2D eigenvalue weighted by Gasteiger charge is 2.08. The van der Waals surface area contributed by atoms with Crippen molar-refractivity contribution in [2.45, 2.75) is 32.4 Å². The lowest BCUT2D eigenvalue weighted by Crippen LogP contribution is -2.25. The molecule has 0 saturated heterocycles. The van der Waals surface area contributed by atoms with Crippen LogP contribution >= 0.6 is 11.3 Å². The van der Waals surface area contributed by atoms with Gasteiger partial charge in [-0.25, -0.2) is 4.98 Å². The zero-order valence-electron chi connectivity index (χ0n) is 10.8. The Labute approximate surface area is 115 Å². The van der Waals surface area contributed by atoms with Crippen molar-refractivity contribution >= 4 is 17.2 Å². The molecule has 0 aliphatic rings. The Kier molecular flexibility index (Phi) is 4.70. The van der Waals surface area contributed by atoms with Gasteiger partial charge in [0.2, 0.25) is 5.91 Å².